The van der Waals surface area contributed by atoms with Gasteiger partial charge in [-0.2, -0.15) is 0 Å². The SMILES string of the molecule is N[C@H](c1ccc(Br)cn1)C1CCCC1. The minimum atomic E-state index is 0.130. The summed E-state index contributed by atoms with van der Waals surface area (Å²) < 4.78 is 1.01. The predicted molar refractivity (Wildman–Crippen MR) is 60.8 cm³/mol. The van der Waals surface area contributed by atoms with Crippen molar-refractivity contribution in [2.75, 3.05) is 0 Å². The Kier molecular flexibility index (Phi) is 3.19. The Hall–Kier alpha value is -0.410. The summed E-state index contributed by atoms with van der Waals surface area (Å²) in [6.07, 6.45) is 7.01. The Balaban J connectivity index is 2.09. The van der Waals surface area contributed by atoms with Crippen molar-refractivity contribution in [3.8, 4) is 0 Å². The second-order valence-corrected chi connectivity index (χ2v) is 4.89. The Morgan fingerprint density at radius 3 is 2.64 bits per heavy atom. The van der Waals surface area contributed by atoms with Crippen molar-refractivity contribution in [3.05, 3.63) is 28.5 Å². The van der Waals surface area contributed by atoms with E-state index in [1.165, 1.54) is 25.7 Å². The Morgan fingerprint density at radius 1 is 1.36 bits per heavy atom. The number of halogens is 1. The molecule has 14 heavy (non-hydrogen) atoms. The van der Waals surface area contributed by atoms with E-state index in [4.69, 9.17) is 5.73 Å². The highest BCUT2D eigenvalue weighted by Crippen LogP contribution is 2.33. The van der Waals surface area contributed by atoms with Crippen LogP contribution in [0.5, 0.6) is 0 Å². The molecule has 0 aromatic carbocycles. The molecule has 1 fully saturated rings. The monoisotopic (exact) mass is 254 g/mol. The van der Waals surface area contributed by atoms with E-state index >= 15 is 0 Å². The first-order chi connectivity index (χ1) is 6.77. The normalized spacial score (nSPS) is 19.9. The molecular formula is C11H15BrN2. The predicted octanol–water partition coefficient (Wildman–Crippen LogP) is 3.03. The highest BCUT2D eigenvalue weighted by Gasteiger charge is 2.23. The molecule has 2 rings (SSSR count). The van der Waals surface area contributed by atoms with Crippen LogP contribution in [0, 0.1) is 5.92 Å². The largest absolute Gasteiger partial charge is 0.322 e. The summed E-state index contributed by atoms with van der Waals surface area (Å²) in [5.41, 5.74) is 7.20. The fraction of sp³-hybridized carbons (Fsp3) is 0.545. The molecule has 1 aromatic heterocycles. The zero-order valence-electron chi connectivity index (χ0n) is 8.12. The van der Waals surface area contributed by atoms with Crippen LogP contribution in [-0.4, -0.2) is 4.98 Å². The fourth-order valence-electron chi connectivity index (χ4n) is 2.14. The van der Waals surface area contributed by atoms with E-state index in [1.54, 1.807) is 0 Å². The summed E-state index contributed by atoms with van der Waals surface area (Å²) in [6.45, 7) is 0. The average molecular weight is 255 g/mol. The van der Waals surface area contributed by atoms with Crippen LogP contribution >= 0.6 is 15.9 Å². The molecule has 1 aromatic rings. The molecule has 0 saturated heterocycles. The molecule has 0 bridgehead atoms. The molecule has 76 valence electrons. The van der Waals surface area contributed by atoms with E-state index in [2.05, 4.69) is 20.9 Å². The minimum absolute atomic E-state index is 0.130. The maximum atomic E-state index is 6.17. The lowest BCUT2D eigenvalue weighted by atomic mass is 9.96. The highest BCUT2D eigenvalue weighted by molar-refractivity contribution is 9.10. The van der Waals surface area contributed by atoms with E-state index in [1.807, 2.05) is 18.3 Å². The van der Waals surface area contributed by atoms with Crippen LogP contribution < -0.4 is 5.73 Å². The van der Waals surface area contributed by atoms with E-state index in [0.29, 0.717) is 5.92 Å². The molecule has 1 heterocycles. The number of hydrogen-bond donors (Lipinski definition) is 1. The van der Waals surface area contributed by atoms with Crippen LogP contribution in [0.1, 0.15) is 37.4 Å². The maximum Gasteiger partial charge on any atom is 0.0574 e. The van der Waals surface area contributed by atoms with Gasteiger partial charge in [0, 0.05) is 16.7 Å². The third-order valence-electron chi connectivity index (χ3n) is 3.00. The lowest BCUT2D eigenvalue weighted by Gasteiger charge is -2.17. The number of nitrogens with two attached hydrogens (primary N) is 1. The summed E-state index contributed by atoms with van der Waals surface area (Å²) >= 11 is 3.37. The van der Waals surface area contributed by atoms with Gasteiger partial charge in [0.2, 0.25) is 0 Å². The van der Waals surface area contributed by atoms with Crippen molar-refractivity contribution >= 4 is 15.9 Å². The van der Waals surface area contributed by atoms with Gasteiger partial charge in [-0.25, -0.2) is 0 Å². The first-order valence-electron chi connectivity index (χ1n) is 5.14. The molecule has 1 aliphatic rings. The van der Waals surface area contributed by atoms with E-state index in [9.17, 15) is 0 Å². The van der Waals surface area contributed by atoms with Crippen LogP contribution in [0.25, 0.3) is 0 Å². The Bertz CT molecular complexity index is 291. The van der Waals surface area contributed by atoms with Gasteiger partial charge in [-0.1, -0.05) is 12.8 Å². The molecule has 1 aliphatic carbocycles. The van der Waals surface area contributed by atoms with Gasteiger partial charge in [-0.15, -0.1) is 0 Å². The summed E-state index contributed by atoms with van der Waals surface area (Å²) in [4.78, 5) is 4.35. The lowest BCUT2D eigenvalue weighted by Crippen LogP contribution is -2.20. The number of aromatic nitrogens is 1. The molecule has 0 spiro atoms. The number of nitrogens with zero attached hydrogens (tertiary/aromatic N) is 1. The molecule has 1 atom stereocenters. The zero-order chi connectivity index (χ0) is 9.97. The Labute approximate surface area is 93.0 Å². The standard InChI is InChI=1S/C11H15BrN2/c12-9-5-6-10(14-7-9)11(13)8-3-1-2-4-8/h5-8,11H,1-4,13H2/t11-/m0/s1. The summed E-state index contributed by atoms with van der Waals surface area (Å²) in [6, 6.07) is 4.16. The van der Waals surface area contributed by atoms with Crippen LogP contribution in [0.4, 0.5) is 0 Å². The van der Waals surface area contributed by atoms with Crippen LogP contribution in [0.3, 0.4) is 0 Å². The third-order valence-corrected chi connectivity index (χ3v) is 3.47. The molecule has 0 aliphatic heterocycles. The summed E-state index contributed by atoms with van der Waals surface area (Å²) in [5.74, 6) is 0.642. The van der Waals surface area contributed by atoms with Crippen molar-refractivity contribution in [2.45, 2.75) is 31.7 Å². The Morgan fingerprint density at radius 2 is 2.07 bits per heavy atom. The molecule has 2 nitrogen and oxygen atoms in total. The summed E-state index contributed by atoms with van der Waals surface area (Å²) in [5, 5.41) is 0. The molecule has 0 amide bonds. The quantitative estimate of drug-likeness (QED) is 0.882. The fourth-order valence-corrected chi connectivity index (χ4v) is 2.38. The maximum absolute atomic E-state index is 6.17. The van der Waals surface area contributed by atoms with Gasteiger partial charge in [-0.05, 0) is 46.8 Å². The van der Waals surface area contributed by atoms with Crippen LogP contribution in [0.15, 0.2) is 22.8 Å². The second kappa shape index (κ2) is 4.41. The van der Waals surface area contributed by atoms with E-state index in [0.717, 1.165) is 10.2 Å². The topological polar surface area (TPSA) is 38.9 Å². The van der Waals surface area contributed by atoms with Gasteiger partial charge in [0.15, 0.2) is 0 Å². The van der Waals surface area contributed by atoms with E-state index in [-0.39, 0.29) is 6.04 Å². The number of pyridine rings is 1. The highest BCUT2D eigenvalue weighted by atomic mass is 79.9. The van der Waals surface area contributed by atoms with Gasteiger partial charge in [-0.3, -0.25) is 4.98 Å². The molecule has 2 N–H and O–H groups in total. The van der Waals surface area contributed by atoms with Gasteiger partial charge in [0.05, 0.1) is 5.69 Å². The van der Waals surface area contributed by atoms with Gasteiger partial charge >= 0.3 is 0 Å². The number of hydrogen-bond acceptors (Lipinski definition) is 2. The molecule has 0 unspecified atom stereocenters. The number of rotatable bonds is 2. The zero-order valence-corrected chi connectivity index (χ0v) is 9.70. The van der Waals surface area contributed by atoms with Crippen LogP contribution in [0.2, 0.25) is 0 Å². The second-order valence-electron chi connectivity index (χ2n) is 3.97. The van der Waals surface area contributed by atoms with Crippen molar-refractivity contribution in [3.63, 3.8) is 0 Å². The van der Waals surface area contributed by atoms with Gasteiger partial charge in [0.1, 0.15) is 0 Å². The minimum Gasteiger partial charge on any atom is -0.322 e. The van der Waals surface area contributed by atoms with Crippen LogP contribution in [-0.2, 0) is 0 Å². The molecule has 1 saturated carbocycles. The average Bonchev–Trinajstić information content (AvgIpc) is 2.71. The molecule has 3 heteroatoms. The first-order valence-corrected chi connectivity index (χ1v) is 5.93. The van der Waals surface area contributed by atoms with Gasteiger partial charge < -0.3 is 5.73 Å². The molecule has 0 radical (unpaired) electrons. The third kappa shape index (κ3) is 2.15. The summed E-state index contributed by atoms with van der Waals surface area (Å²) in [7, 11) is 0. The van der Waals surface area contributed by atoms with Crippen molar-refractivity contribution in [2.24, 2.45) is 11.7 Å². The lowest BCUT2D eigenvalue weighted by molar-refractivity contribution is 0.437. The van der Waals surface area contributed by atoms with Crippen molar-refractivity contribution in [1.82, 2.24) is 4.98 Å². The first kappa shape index (κ1) is 10.1. The van der Waals surface area contributed by atoms with Gasteiger partial charge in [0.25, 0.3) is 0 Å². The smallest absolute Gasteiger partial charge is 0.0574 e. The van der Waals surface area contributed by atoms with Crippen molar-refractivity contribution in [1.29, 1.82) is 0 Å². The van der Waals surface area contributed by atoms with Crippen molar-refractivity contribution < 1.29 is 0 Å². The molecular weight excluding hydrogens is 240 g/mol. The van der Waals surface area contributed by atoms with E-state index < -0.39 is 0 Å².